The van der Waals surface area contributed by atoms with Gasteiger partial charge in [0.05, 0.1) is 19.2 Å². The van der Waals surface area contributed by atoms with Crippen molar-refractivity contribution in [3.63, 3.8) is 0 Å². The van der Waals surface area contributed by atoms with Gasteiger partial charge in [0.2, 0.25) is 10.0 Å². The van der Waals surface area contributed by atoms with Crippen LogP contribution in [0.4, 0.5) is 5.69 Å². The van der Waals surface area contributed by atoms with Gasteiger partial charge in [-0.05, 0) is 31.4 Å². The summed E-state index contributed by atoms with van der Waals surface area (Å²) in [5.41, 5.74) is 0.564. The van der Waals surface area contributed by atoms with E-state index in [4.69, 9.17) is 9.88 Å². The number of methoxy groups -OCH3 is 1. The smallest absolute Gasteiger partial charge is 0.307 e. The lowest BCUT2D eigenvalue weighted by molar-refractivity contribution is -0.141. The lowest BCUT2D eigenvalue weighted by atomic mass is 9.98. The summed E-state index contributed by atoms with van der Waals surface area (Å²) in [5.74, 6) is -0.292. The summed E-state index contributed by atoms with van der Waals surface area (Å²) in [6.07, 6.45) is 3.04. The zero-order valence-corrected chi connectivity index (χ0v) is 12.8. The van der Waals surface area contributed by atoms with Crippen molar-refractivity contribution in [1.82, 2.24) is 0 Å². The summed E-state index contributed by atoms with van der Waals surface area (Å²) in [6.45, 7) is 0.703. The highest BCUT2D eigenvalue weighted by Crippen LogP contribution is 2.31. The molecule has 1 atom stereocenters. The molecule has 0 saturated carbocycles. The van der Waals surface area contributed by atoms with Crippen molar-refractivity contribution < 1.29 is 17.9 Å². The number of ether oxygens (including phenoxy) is 1. The number of para-hydroxylation sites is 1. The second kappa shape index (κ2) is 6.44. The highest BCUT2D eigenvalue weighted by molar-refractivity contribution is 7.89. The minimum Gasteiger partial charge on any atom is -0.469 e. The van der Waals surface area contributed by atoms with E-state index >= 15 is 0 Å². The Labute approximate surface area is 124 Å². The number of piperidine rings is 1. The quantitative estimate of drug-likeness (QED) is 0.845. The Morgan fingerprint density at radius 2 is 2.10 bits per heavy atom. The molecule has 1 saturated heterocycles. The van der Waals surface area contributed by atoms with Crippen LogP contribution in [0, 0.1) is 0 Å². The summed E-state index contributed by atoms with van der Waals surface area (Å²) in [7, 11) is -2.44. The van der Waals surface area contributed by atoms with Gasteiger partial charge in [-0.15, -0.1) is 0 Å². The fourth-order valence-corrected chi connectivity index (χ4v) is 3.49. The van der Waals surface area contributed by atoms with E-state index in [2.05, 4.69) is 0 Å². The fraction of sp³-hybridized carbons (Fsp3) is 0.500. The van der Waals surface area contributed by atoms with Crippen LogP contribution >= 0.6 is 0 Å². The minimum absolute atomic E-state index is 0.0610. The number of primary sulfonamides is 1. The Bertz CT molecular complexity index is 615. The van der Waals surface area contributed by atoms with E-state index in [0.29, 0.717) is 12.2 Å². The zero-order chi connectivity index (χ0) is 15.5. The number of carbonyl (C=O) groups is 1. The fourth-order valence-electron chi connectivity index (χ4n) is 2.74. The molecule has 0 aromatic heterocycles. The van der Waals surface area contributed by atoms with Gasteiger partial charge in [0, 0.05) is 12.6 Å². The summed E-state index contributed by atoms with van der Waals surface area (Å²) in [5, 5.41) is 5.29. The molecule has 1 fully saturated rings. The number of anilines is 1. The van der Waals surface area contributed by atoms with Crippen molar-refractivity contribution >= 4 is 21.7 Å². The number of rotatable bonds is 4. The molecule has 0 bridgehead atoms. The Balaban J connectivity index is 2.36. The van der Waals surface area contributed by atoms with E-state index in [1.807, 2.05) is 4.90 Å². The van der Waals surface area contributed by atoms with Crippen molar-refractivity contribution in [2.45, 2.75) is 36.6 Å². The van der Waals surface area contributed by atoms with Crippen LogP contribution in [-0.4, -0.2) is 34.1 Å². The van der Waals surface area contributed by atoms with Crippen LogP contribution in [0.3, 0.4) is 0 Å². The topological polar surface area (TPSA) is 89.7 Å². The highest BCUT2D eigenvalue weighted by Gasteiger charge is 2.28. The summed E-state index contributed by atoms with van der Waals surface area (Å²) >= 11 is 0. The van der Waals surface area contributed by atoms with Crippen molar-refractivity contribution in [2.75, 3.05) is 18.6 Å². The Hall–Kier alpha value is -1.60. The number of hydrogen-bond donors (Lipinski definition) is 1. The molecule has 7 heteroatoms. The molecule has 1 unspecified atom stereocenters. The van der Waals surface area contributed by atoms with E-state index < -0.39 is 10.0 Å². The number of nitrogens with two attached hydrogens (primary N) is 1. The number of esters is 1. The van der Waals surface area contributed by atoms with Gasteiger partial charge in [-0.2, -0.15) is 0 Å². The van der Waals surface area contributed by atoms with E-state index in [1.165, 1.54) is 13.2 Å². The first kappa shape index (κ1) is 15.8. The van der Waals surface area contributed by atoms with Gasteiger partial charge in [0.15, 0.2) is 0 Å². The van der Waals surface area contributed by atoms with E-state index in [1.54, 1.807) is 18.2 Å². The Morgan fingerprint density at radius 1 is 1.38 bits per heavy atom. The predicted octanol–water partition coefficient (Wildman–Crippen LogP) is 1.26. The molecule has 0 radical (unpaired) electrons. The standard InChI is InChI=1S/C14H20N2O4S/c1-20-14(17)10-11-6-4-5-9-16(11)12-7-2-3-8-13(12)21(15,18)19/h2-3,7-8,11H,4-6,9-10H2,1H3,(H2,15,18,19). The van der Waals surface area contributed by atoms with E-state index in [9.17, 15) is 13.2 Å². The van der Waals surface area contributed by atoms with Crippen LogP contribution in [0.15, 0.2) is 29.2 Å². The van der Waals surface area contributed by atoms with Gasteiger partial charge in [-0.25, -0.2) is 13.6 Å². The van der Waals surface area contributed by atoms with Gasteiger partial charge >= 0.3 is 5.97 Å². The lowest BCUT2D eigenvalue weighted by Gasteiger charge is -2.37. The molecule has 0 amide bonds. The minimum atomic E-state index is -3.80. The number of benzene rings is 1. The second-order valence-electron chi connectivity index (χ2n) is 5.14. The molecule has 1 heterocycles. The molecule has 6 nitrogen and oxygen atoms in total. The maximum absolute atomic E-state index is 11.7. The number of hydrogen-bond acceptors (Lipinski definition) is 5. The second-order valence-corrected chi connectivity index (χ2v) is 6.67. The largest absolute Gasteiger partial charge is 0.469 e. The molecule has 0 spiro atoms. The van der Waals surface area contributed by atoms with Crippen molar-refractivity contribution in [2.24, 2.45) is 5.14 Å². The normalized spacial score (nSPS) is 19.3. The molecule has 0 aliphatic carbocycles. The molecular weight excluding hydrogens is 292 g/mol. The molecule has 1 aromatic rings. The molecule has 21 heavy (non-hydrogen) atoms. The third kappa shape index (κ3) is 3.74. The summed E-state index contributed by atoms with van der Waals surface area (Å²) in [6, 6.07) is 6.58. The van der Waals surface area contributed by atoms with Crippen molar-refractivity contribution in [3.8, 4) is 0 Å². The molecule has 1 aliphatic rings. The van der Waals surface area contributed by atoms with Gasteiger partial charge in [-0.1, -0.05) is 12.1 Å². The number of carbonyl (C=O) groups excluding carboxylic acids is 1. The average Bonchev–Trinajstić information content (AvgIpc) is 2.47. The highest BCUT2D eigenvalue weighted by atomic mass is 32.2. The summed E-state index contributed by atoms with van der Waals surface area (Å²) < 4.78 is 28.2. The van der Waals surface area contributed by atoms with E-state index in [-0.39, 0.29) is 23.3 Å². The van der Waals surface area contributed by atoms with Crippen LogP contribution in [0.2, 0.25) is 0 Å². The zero-order valence-electron chi connectivity index (χ0n) is 12.0. The van der Waals surface area contributed by atoms with Crippen molar-refractivity contribution in [3.05, 3.63) is 24.3 Å². The third-order valence-electron chi connectivity index (χ3n) is 3.74. The first-order valence-corrected chi connectivity index (χ1v) is 8.43. The van der Waals surface area contributed by atoms with E-state index in [0.717, 1.165) is 19.3 Å². The van der Waals surface area contributed by atoms with Crippen LogP contribution in [-0.2, 0) is 19.6 Å². The van der Waals surface area contributed by atoms with Gasteiger partial charge in [0.25, 0.3) is 0 Å². The molecular formula is C14H20N2O4S. The van der Waals surface area contributed by atoms with Crippen LogP contribution in [0.25, 0.3) is 0 Å². The molecule has 1 aliphatic heterocycles. The maximum atomic E-state index is 11.7. The summed E-state index contributed by atoms with van der Waals surface area (Å²) in [4.78, 5) is 13.6. The van der Waals surface area contributed by atoms with Crippen LogP contribution in [0.1, 0.15) is 25.7 Å². The number of sulfonamides is 1. The maximum Gasteiger partial charge on any atom is 0.307 e. The predicted molar refractivity (Wildman–Crippen MR) is 79.4 cm³/mol. The van der Waals surface area contributed by atoms with Crippen LogP contribution < -0.4 is 10.0 Å². The molecule has 116 valence electrons. The van der Waals surface area contributed by atoms with Crippen molar-refractivity contribution in [1.29, 1.82) is 0 Å². The van der Waals surface area contributed by atoms with Crippen LogP contribution in [0.5, 0.6) is 0 Å². The van der Waals surface area contributed by atoms with Gasteiger partial charge < -0.3 is 9.64 Å². The monoisotopic (exact) mass is 312 g/mol. The average molecular weight is 312 g/mol. The van der Waals surface area contributed by atoms with Gasteiger partial charge in [0.1, 0.15) is 4.90 Å². The lowest BCUT2D eigenvalue weighted by Crippen LogP contribution is -2.42. The molecule has 2 N–H and O–H groups in total. The molecule has 1 aromatic carbocycles. The first-order valence-electron chi connectivity index (χ1n) is 6.89. The number of nitrogens with zero attached hydrogens (tertiary/aromatic N) is 1. The van der Waals surface area contributed by atoms with Gasteiger partial charge in [-0.3, -0.25) is 4.79 Å². The third-order valence-corrected chi connectivity index (χ3v) is 4.70. The molecule has 2 rings (SSSR count). The first-order chi connectivity index (χ1) is 9.93. The Morgan fingerprint density at radius 3 is 2.76 bits per heavy atom. The SMILES string of the molecule is COC(=O)CC1CCCCN1c1ccccc1S(N)(=O)=O. The Kier molecular flexibility index (Phi) is 4.84.